The molecule has 0 N–H and O–H groups in total. The van der Waals surface area contributed by atoms with E-state index in [1.165, 1.54) is 6.07 Å². The van der Waals surface area contributed by atoms with Crippen LogP contribution in [0.1, 0.15) is 16.1 Å². The van der Waals surface area contributed by atoms with Crippen molar-refractivity contribution in [3.05, 3.63) is 67.5 Å². The molecule has 5 nitrogen and oxygen atoms in total. The van der Waals surface area contributed by atoms with Crippen molar-refractivity contribution < 1.29 is 31.3 Å². The number of hydrogen-bond donors (Lipinski definition) is 0. The van der Waals surface area contributed by atoms with E-state index in [-0.39, 0.29) is 35.0 Å². The number of rotatable bonds is 4. The van der Waals surface area contributed by atoms with Crippen molar-refractivity contribution in [1.29, 1.82) is 0 Å². The zero-order chi connectivity index (χ0) is 14.7. The van der Waals surface area contributed by atoms with Crippen LogP contribution in [0.2, 0.25) is 0 Å². The number of carbonyl (C=O) groups excluding carboxylic acids is 1. The second-order valence-corrected chi connectivity index (χ2v) is 5.48. The first-order valence-electron chi connectivity index (χ1n) is 5.91. The average molecular weight is 463 g/mol. The molecule has 1 aromatic carbocycles. The van der Waals surface area contributed by atoms with E-state index in [0.717, 1.165) is 5.69 Å². The molecule has 0 bridgehead atoms. The maximum absolute atomic E-state index is 12.2. The number of halogens is 2. The monoisotopic (exact) mass is 462 g/mol. The number of pyridine rings is 1. The molecule has 2 aromatic rings. The third-order valence-electron chi connectivity index (χ3n) is 2.95. The highest BCUT2D eigenvalue weighted by Crippen LogP contribution is 2.22. The number of nitro benzene ring substituents is 1. The number of ketones is 1. The lowest BCUT2D eigenvalue weighted by atomic mass is 10.1. The molecule has 0 spiro atoms. The van der Waals surface area contributed by atoms with E-state index in [2.05, 4.69) is 0 Å². The molecule has 2 rings (SSSR count). The van der Waals surface area contributed by atoms with Gasteiger partial charge in [-0.1, -0.05) is 6.07 Å². The summed E-state index contributed by atoms with van der Waals surface area (Å²) in [5, 5.41) is 10.9. The number of benzene rings is 1. The fourth-order valence-electron chi connectivity index (χ4n) is 1.81. The molecule has 0 unspecified atom stereocenters. The highest BCUT2D eigenvalue weighted by Gasteiger charge is 2.19. The van der Waals surface area contributed by atoms with Crippen molar-refractivity contribution in [2.75, 3.05) is 0 Å². The van der Waals surface area contributed by atoms with Gasteiger partial charge in [0.05, 0.1) is 8.49 Å². The van der Waals surface area contributed by atoms with E-state index in [4.69, 9.17) is 0 Å². The number of carbonyl (C=O) groups is 1. The molecule has 0 amide bonds. The van der Waals surface area contributed by atoms with Gasteiger partial charge in [0.1, 0.15) is 0 Å². The molecule has 0 aliphatic heterocycles. The molecule has 0 radical (unpaired) electrons. The summed E-state index contributed by atoms with van der Waals surface area (Å²) in [6, 6.07) is 10.2. The summed E-state index contributed by atoms with van der Waals surface area (Å²) < 4.78 is 2.33. The predicted molar refractivity (Wildman–Crippen MR) is 81.5 cm³/mol. The summed E-state index contributed by atoms with van der Waals surface area (Å²) in [7, 11) is 0. The molecular formula is C14H12BrIN2O3. The van der Waals surface area contributed by atoms with Crippen LogP contribution in [0.5, 0.6) is 0 Å². The van der Waals surface area contributed by atoms with E-state index in [1.54, 1.807) is 12.1 Å². The minimum atomic E-state index is -0.473. The largest absolute Gasteiger partial charge is 1.00 e. The van der Waals surface area contributed by atoms with Crippen molar-refractivity contribution in [3.63, 3.8) is 0 Å². The van der Waals surface area contributed by atoms with Crippen LogP contribution >= 0.6 is 22.6 Å². The highest BCUT2D eigenvalue weighted by molar-refractivity contribution is 14.1. The molecule has 0 fully saturated rings. The summed E-state index contributed by atoms with van der Waals surface area (Å²) in [5.74, 6) is -0.149. The Morgan fingerprint density at radius 2 is 2.05 bits per heavy atom. The van der Waals surface area contributed by atoms with Gasteiger partial charge in [-0.25, -0.2) is 0 Å². The first kappa shape index (κ1) is 17.7. The zero-order valence-electron chi connectivity index (χ0n) is 11.1. The van der Waals surface area contributed by atoms with Gasteiger partial charge in [0.2, 0.25) is 12.3 Å². The third kappa shape index (κ3) is 4.31. The number of aromatic nitrogens is 1. The van der Waals surface area contributed by atoms with Gasteiger partial charge >= 0.3 is 0 Å². The van der Waals surface area contributed by atoms with Crippen molar-refractivity contribution in [1.82, 2.24) is 0 Å². The molecule has 0 aliphatic carbocycles. The first-order valence-corrected chi connectivity index (χ1v) is 6.99. The molecule has 0 saturated carbocycles. The average Bonchev–Trinajstić information content (AvgIpc) is 2.41. The fraction of sp³-hybridized carbons (Fsp3) is 0.143. The molecule has 0 aliphatic rings. The van der Waals surface area contributed by atoms with Gasteiger partial charge in [-0.05, 0) is 34.7 Å². The van der Waals surface area contributed by atoms with Gasteiger partial charge in [-0.3, -0.25) is 14.9 Å². The molecule has 7 heteroatoms. The maximum atomic E-state index is 12.2. The van der Waals surface area contributed by atoms with E-state index in [1.807, 2.05) is 58.5 Å². The Bertz CT molecular complexity index is 692. The Balaban J connectivity index is 0.00000220. The van der Waals surface area contributed by atoms with Crippen LogP contribution in [0.15, 0.2) is 42.6 Å². The number of Topliss-reactive ketones (excluding diaryl/α,β-unsaturated/α-hetero) is 1. The summed E-state index contributed by atoms with van der Waals surface area (Å²) in [6.45, 7) is 2.08. The van der Waals surface area contributed by atoms with Gasteiger partial charge in [-0.15, -0.1) is 0 Å². The van der Waals surface area contributed by atoms with Crippen molar-refractivity contribution in [3.8, 4) is 0 Å². The smallest absolute Gasteiger partial charge is 0.283 e. The van der Waals surface area contributed by atoms with Crippen LogP contribution in [0.4, 0.5) is 5.69 Å². The van der Waals surface area contributed by atoms with Gasteiger partial charge in [0.15, 0.2) is 11.9 Å². The van der Waals surface area contributed by atoms with Crippen LogP contribution in [-0.4, -0.2) is 10.7 Å². The lowest BCUT2D eigenvalue weighted by Gasteiger charge is -2.02. The second-order valence-electron chi connectivity index (χ2n) is 4.32. The van der Waals surface area contributed by atoms with E-state index < -0.39 is 4.92 Å². The molecular weight excluding hydrogens is 451 g/mol. The molecule has 0 atom stereocenters. The standard InChI is InChI=1S/C14H12IN2O3.BrH/c1-10-4-2-3-7-16(10)9-14(18)11-5-6-12(15)13(8-11)17(19)20;/h2-8H,9H2,1H3;1H/q+1;/p-1. The Labute approximate surface area is 146 Å². The summed E-state index contributed by atoms with van der Waals surface area (Å²) in [6.07, 6.45) is 1.81. The van der Waals surface area contributed by atoms with Gasteiger partial charge in [0.25, 0.3) is 5.69 Å². The second kappa shape index (κ2) is 7.60. The zero-order valence-corrected chi connectivity index (χ0v) is 14.9. The minimum absolute atomic E-state index is 0. The van der Waals surface area contributed by atoms with Crippen LogP contribution in [0, 0.1) is 20.6 Å². The van der Waals surface area contributed by atoms with E-state index >= 15 is 0 Å². The fourth-order valence-corrected chi connectivity index (χ4v) is 2.34. The molecule has 110 valence electrons. The molecule has 1 aromatic heterocycles. The summed E-state index contributed by atoms with van der Waals surface area (Å²) in [5.41, 5.74) is 1.28. The Kier molecular flexibility index (Phi) is 6.41. The van der Waals surface area contributed by atoms with Gasteiger partial charge < -0.3 is 17.0 Å². The van der Waals surface area contributed by atoms with Crippen molar-refractivity contribution >= 4 is 34.1 Å². The summed E-state index contributed by atoms with van der Waals surface area (Å²) >= 11 is 1.89. The lowest BCUT2D eigenvalue weighted by molar-refractivity contribution is -0.689. The van der Waals surface area contributed by atoms with Gasteiger partial charge in [0, 0.05) is 30.7 Å². The van der Waals surface area contributed by atoms with Crippen LogP contribution in [0.25, 0.3) is 0 Å². The molecule has 0 saturated heterocycles. The van der Waals surface area contributed by atoms with Crippen LogP contribution in [-0.2, 0) is 6.54 Å². The first-order chi connectivity index (χ1) is 9.49. The number of nitro groups is 1. The SMILES string of the molecule is Cc1cccc[n+]1CC(=O)c1ccc(I)c([N+](=O)[O-])c1.[Br-]. The Morgan fingerprint density at radius 3 is 2.67 bits per heavy atom. The van der Waals surface area contributed by atoms with Crippen LogP contribution < -0.4 is 21.5 Å². The maximum Gasteiger partial charge on any atom is 0.283 e. The summed E-state index contributed by atoms with van der Waals surface area (Å²) in [4.78, 5) is 22.6. The number of nitrogens with zero attached hydrogens (tertiary/aromatic N) is 2. The normalized spacial score (nSPS) is 9.81. The molecule has 21 heavy (non-hydrogen) atoms. The number of aryl methyl sites for hydroxylation is 1. The Morgan fingerprint density at radius 1 is 1.33 bits per heavy atom. The lowest BCUT2D eigenvalue weighted by Crippen LogP contribution is -3.00. The quantitative estimate of drug-likeness (QED) is 0.206. The Hall–Kier alpha value is -1.35. The highest BCUT2D eigenvalue weighted by atomic mass is 127. The van der Waals surface area contributed by atoms with Gasteiger partial charge in [-0.2, -0.15) is 4.57 Å². The minimum Gasteiger partial charge on any atom is -1.00 e. The van der Waals surface area contributed by atoms with E-state index in [9.17, 15) is 14.9 Å². The van der Waals surface area contributed by atoms with Crippen LogP contribution in [0.3, 0.4) is 0 Å². The van der Waals surface area contributed by atoms with Crippen molar-refractivity contribution in [2.24, 2.45) is 0 Å². The third-order valence-corrected chi connectivity index (χ3v) is 3.86. The van der Waals surface area contributed by atoms with Crippen molar-refractivity contribution in [2.45, 2.75) is 13.5 Å². The topological polar surface area (TPSA) is 64.1 Å². The van der Waals surface area contributed by atoms with E-state index in [0.29, 0.717) is 9.13 Å². The molecule has 1 heterocycles. The number of hydrogen-bond acceptors (Lipinski definition) is 3. The predicted octanol–water partition coefficient (Wildman–Crippen LogP) is -0.318.